The van der Waals surface area contributed by atoms with Crippen molar-refractivity contribution < 1.29 is 33.3 Å². The summed E-state index contributed by atoms with van der Waals surface area (Å²) in [5.74, 6) is 1.69. The van der Waals surface area contributed by atoms with E-state index in [1.54, 1.807) is 0 Å². The molecular weight excluding hydrogens is 556 g/mol. The summed E-state index contributed by atoms with van der Waals surface area (Å²) >= 11 is 0. The van der Waals surface area contributed by atoms with Crippen molar-refractivity contribution in [1.82, 2.24) is 0 Å². The molecule has 6 rings (SSSR count). The van der Waals surface area contributed by atoms with Gasteiger partial charge in [0.2, 0.25) is 0 Å². The molecule has 1 aliphatic heterocycles. The Bertz CT molecular complexity index is 1190. The maximum absolute atomic E-state index is 13.7. The maximum Gasteiger partial charge on any atom is 0.338 e. The molecule has 1 aromatic rings. The minimum Gasteiger partial charge on any atom is -0.469 e. The number of hydrogen-bond acceptors (Lipinski definition) is 7. The lowest BCUT2D eigenvalue weighted by molar-refractivity contribution is -0.258. The first-order valence-corrected chi connectivity index (χ1v) is 17.3. The van der Waals surface area contributed by atoms with E-state index in [0.29, 0.717) is 54.3 Å². The second-order valence-electron chi connectivity index (χ2n) is 15.1. The summed E-state index contributed by atoms with van der Waals surface area (Å²) in [7, 11) is 1.45. The molecule has 5 aliphatic rings. The third-order valence-electron chi connectivity index (χ3n) is 13.1. The van der Waals surface area contributed by atoms with E-state index in [2.05, 4.69) is 20.8 Å². The first kappa shape index (κ1) is 31.7. The van der Waals surface area contributed by atoms with Gasteiger partial charge in [-0.25, -0.2) is 4.79 Å². The summed E-state index contributed by atoms with van der Waals surface area (Å²) in [6, 6.07) is 9.34. The molecule has 44 heavy (non-hydrogen) atoms. The molecule has 242 valence electrons. The van der Waals surface area contributed by atoms with Gasteiger partial charge in [-0.1, -0.05) is 39.0 Å². The van der Waals surface area contributed by atoms with Crippen LogP contribution in [0.4, 0.5) is 0 Å². The number of rotatable bonds is 8. The van der Waals surface area contributed by atoms with Gasteiger partial charge in [-0.05, 0) is 111 Å². The first-order chi connectivity index (χ1) is 21.1. The van der Waals surface area contributed by atoms with Gasteiger partial charge >= 0.3 is 11.9 Å². The third-order valence-corrected chi connectivity index (χ3v) is 13.1. The fourth-order valence-corrected chi connectivity index (χ4v) is 10.6. The Morgan fingerprint density at radius 1 is 1.05 bits per heavy atom. The number of fused-ring (bicyclic) bond motifs is 5. The summed E-state index contributed by atoms with van der Waals surface area (Å²) in [6.07, 6.45) is 9.76. The second kappa shape index (κ2) is 12.9. The fourth-order valence-electron chi connectivity index (χ4n) is 10.6. The topological polar surface area (TPSA) is 88.1 Å². The Hall–Kier alpha value is -2.25. The standard InChI is InChI=1S/C37H52O7/c1-23(13-16-32(39)41-4)27-14-15-28-34-29(22-31(37(27,28)3)44-35(40)24-10-6-5-7-11-24)36(2)18-17-26(38)20-25(36)21-30(34)43-33-12-8-9-19-42-33/h5-7,10-11,23,25,27-31,33-34H,8-9,12-22H2,1-4H3/t23?,25-,27?,28?,29?,30?,31-,33?,34?,36-,37+/m0/s1. The fraction of sp³-hybridized carbons (Fsp3) is 0.757. The van der Waals surface area contributed by atoms with Crippen molar-refractivity contribution in [2.75, 3.05) is 13.7 Å². The molecule has 7 nitrogen and oxygen atoms in total. The van der Waals surface area contributed by atoms with Crippen LogP contribution in [-0.4, -0.2) is 49.9 Å². The molecule has 0 N–H and O–H groups in total. The number of benzene rings is 1. The van der Waals surface area contributed by atoms with E-state index in [0.717, 1.165) is 64.4 Å². The zero-order chi connectivity index (χ0) is 31.1. The summed E-state index contributed by atoms with van der Waals surface area (Å²) in [4.78, 5) is 38.6. The van der Waals surface area contributed by atoms with Gasteiger partial charge in [0.05, 0.1) is 18.8 Å². The summed E-state index contributed by atoms with van der Waals surface area (Å²) < 4.78 is 24.7. The van der Waals surface area contributed by atoms with Gasteiger partial charge in [0.15, 0.2) is 6.29 Å². The number of Topliss-reactive ketones (excluding diaryl/α,β-unsaturated/α-hetero) is 1. The molecule has 7 heteroatoms. The largest absolute Gasteiger partial charge is 0.469 e. The summed E-state index contributed by atoms with van der Waals surface area (Å²) in [5.41, 5.74) is 0.318. The highest BCUT2D eigenvalue weighted by molar-refractivity contribution is 5.89. The minimum absolute atomic E-state index is 0.000814. The summed E-state index contributed by atoms with van der Waals surface area (Å²) in [5, 5.41) is 0. The predicted octanol–water partition coefficient (Wildman–Crippen LogP) is 7.16. The van der Waals surface area contributed by atoms with E-state index in [9.17, 15) is 14.4 Å². The Labute approximate surface area is 263 Å². The number of ether oxygens (including phenoxy) is 4. The maximum atomic E-state index is 13.7. The van der Waals surface area contributed by atoms with Crippen LogP contribution in [0.5, 0.6) is 0 Å². The van der Waals surface area contributed by atoms with Crippen LogP contribution < -0.4 is 0 Å². The Kier molecular flexibility index (Phi) is 9.27. The highest BCUT2D eigenvalue weighted by Crippen LogP contribution is 2.69. The van der Waals surface area contributed by atoms with Gasteiger partial charge in [0, 0.05) is 31.3 Å². The minimum atomic E-state index is -0.262. The number of methoxy groups -OCH3 is 1. The van der Waals surface area contributed by atoms with Crippen LogP contribution in [-0.2, 0) is 28.5 Å². The SMILES string of the molecule is COC(=O)CCC(C)C1CCC2C3C(OC4CCCCO4)C[C@@H]4CC(=O)CC[C@]4(C)C3C[C@H](OC(=O)c3ccccc3)[C@]12C. The highest BCUT2D eigenvalue weighted by atomic mass is 16.7. The molecule has 1 saturated heterocycles. The van der Waals surface area contributed by atoms with Crippen molar-refractivity contribution in [2.45, 2.75) is 116 Å². The third kappa shape index (κ3) is 5.77. The van der Waals surface area contributed by atoms with Crippen molar-refractivity contribution in [3.8, 4) is 0 Å². The Morgan fingerprint density at radius 3 is 2.57 bits per heavy atom. The predicted molar refractivity (Wildman–Crippen MR) is 166 cm³/mol. The molecule has 0 amide bonds. The monoisotopic (exact) mass is 608 g/mol. The van der Waals surface area contributed by atoms with Gasteiger partial charge in [0.1, 0.15) is 11.9 Å². The first-order valence-electron chi connectivity index (χ1n) is 17.3. The molecular formula is C37H52O7. The van der Waals surface area contributed by atoms with Crippen LogP contribution in [0.1, 0.15) is 108 Å². The van der Waals surface area contributed by atoms with Crippen LogP contribution in [0.3, 0.4) is 0 Å². The lowest BCUT2D eigenvalue weighted by atomic mass is 9.43. The smallest absolute Gasteiger partial charge is 0.338 e. The van der Waals surface area contributed by atoms with E-state index >= 15 is 0 Å². The van der Waals surface area contributed by atoms with Crippen LogP contribution in [0.2, 0.25) is 0 Å². The molecule has 4 saturated carbocycles. The van der Waals surface area contributed by atoms with E-state index in [1.807, 2.05) is 30.3 Å². The molecule has 7 unspecified atom stereocenters. The van der Waals surface area contributed by atoms with Gasteiger partial charge in [0.25, 0.3) is 0 Å². The normalized spacial score (nSPS) is 40.7. The Morgan fingerprint density at radius 2 is 1.84 bits per heavy atom. The van der Waals surface area contributed by atoms with E-state index in [4.69, 9.17) is 18.9 Å². The molecule has 11 atom stereocenters. The average Bonchev–Trinajstić information content (AvgIpc) is 3.39. The lowest BCUT2D eigenvalue weighted by Gasteiger charge is -2.64. The molecule has 0 radical (unpaired) electrons. The molecule has 0 bridgehead atoms. The van der Waals surface area contributed by atoms with Crippen LogP contribution in [0.25, 0.3) is 0 Å². The highest BCUT2D eigenvalue weighted by Gasteiger charge is 2.67. The molecule has 1 aromatic carbocycles. The van der Waals surface area contributed by atoms with E-state index in [-0.39, 0.29) is 53.1 Å². The molecule has 0 aromatic heterocycles. The van der Waals surface area contributed by atoms with Crippen molar-refractivity contribution in [3.63, 3.8) is 0 Å². The Balaban J connectivity index is 1.37. The second-order valence-corrected chi connectivity index (χ2v) is 15.1. The lowest BCUT2D eigenvalue weighted by Crippen LogP contribution is -2.63. The van der Waals surface area contributed by atoms with Crippen LogP contribution >= 0.6 is 0 Å². The zero-order valence-corrected chi connectivity index (χ0v) is 27.1. The molecule has 0 spiro atoms. The number of hydrogen-bond donors (Lipinski definition) is 0. The quantitative estimate of drug-likeness (QED) is 0.229. The number of esters is 2. The molecule has 5 fully saturated rings. The van der Waals surface area contributed by atoms with Gasteiger partial charge in [-0.15, -0.1) is 0 Å². The number of ketones is 1. The van der Waals surface area contributed by atoms with E-state index in [1.165, 1.54) is 7.11 Å². The van der Waals surface area contributed by atoms with E-state index < -0.39 is 0 Å². The van der Waals surface area contributed by atoms with Crippen LogP contribution in [0, 0.1) is 46.3 Å². The van der Waals surface area contributed by atoms with Gasteiger partial charge in [-0.2, -0.15) is 0 Å². The van der Waals surface area contributed by atoms with Gasteiger partial charge < -0.3 is 18.9 Å². The molecule has 1 heterocycles. The zero-order valence-electron chi connectivity index (χ0n) is 27.1. The number of carbonyl (C=O) groups excluding carboxylic acids is 3. The average molecular weight is 609 g/mol. The van der Waals surface area contributed by atoms with Crippen molar-refractivity contribution in [3.05, 3.63) is 35.9 Å². The van der Waals surface area contributed by atoms with Crippen molar-refractivity contribution in [2.24, 2.45) is 46.3 Å². The van der Waals surface area contributed by atoms with Gasteiger partial charge in [-0.3, -0.25) is 9.59 Å². The van der Waals surface area contributed by atoms with Crippen LogP contribution in [0.15, 0.2) is 30.3 Å². The van der Waals surface area contributed by atoms with Crippen molar-refractivity contribution in [1.29, 1.82) is 0 Å². The number of carbonyl (C=O) groups is 3. The molecule has 4 aliphatic carbocycles. The van der Waals surface area contributed by atoms with Crippen molar-refractivity contribution >= 4 is 17.7 Å². The summed E-state index contributed by atoms with van der Waals surface area (Å²) in [6.45, 7) is 7.79.